The molecule has 1 aromatic heterocycles. The predicted molar refractivity (Wildman–Crippen MR) is 56.2 cm³/mol. The molecule has 11 heavy (non-hydrogen) atoms. The van der Waals surface area contributed by atoms with E-state index in [0.29, 0.717) is 5.56 Å². The van der Waals surface area contributed by atoms with Gasteiger partial charge in [0.1, 0.15) is 3.70 Å². The molecule has 0 unspecified atom stereocenters. The van der Waals surface area contributed by atoms with Crippen LogP contribution in [-0.4, -0.2) is 4.98 Å². The molecule has 0 N–H and O–H groups in total. The lowest BCUT2D eigenvalue weighted by Crippen LogP contribution is -2.00. The highest BCUT2D eigenvalue weighted by atomic mass is 127. The molecule has 1 aromatic rings. The first kappa shape index (κ1) is 9.84. The molecule has 0 aliphatic heterocycles. The first-order chi connectivity index (χ1) is 5.00. The van der Waals surface area contributed by atoms with Gasteiger partial charge in [0.05, 0.1) is 0 Å². The zero-order chi connectivity index (χ0) is 8.48. The molecule has 0 saturated carbocycles. The zero-order valence-electron chi connectivity index (χ0n) is 5.19. The lowest BCUT2D eigenvalue weighted by Gasteiger charge is -2.09. The Morgan fingerprint density at radius 3 is 2.27 bits per heavy atom. The summed E-state index contributed by atoms with van der Waals surface area (Å²) in [6.45, 7) is 0. The van der Waals surface area contributed by atoms with Crippen molar-refractivity contribution in [1.82, 2.24) is 4.98 Å². The third-order valence-electron chi connectivity index (χ3n) is 1.05. The number of hydrogen-bond donors (Lipinski definition) is 0. The Labute approximate surface area is 93.2 Å². The normalized spacial score (nSPS) is 11.6. The lowest BCUT2D eigenvalue weighted by molar-refractivity contribution is 1.15. The summed E-state index contributed by atoms with van der Waals surface area (Å²) in [5, 5.41) is 0. The van der Waals surface area contributed by atoms with Crippen LogP contribution in [0.1, 0.15) is 5.56 Å². The van der Waals surface area contributed by atoms with Crippen LogP contribution in [0.2, 0.25) is 0 Å². The van der Waals surface area contributed by atoms with Crippen LogP contribution >= 0.6 is 57.4 Å². The molecule has 0 spiro atoms. The monoisotopic (exact) mass is 321 g/mol. The third kappa shape index (κ3) is 2.93. The van der Waals surface area contributed by atoms with Crippen LogP contribution in [0.25, 0.3) is 0 Å². The number of aromatic nitrogens is 1. The smallest absolute Gasteiger partial charge is 0.217 e. The molecule has 0 atom stereocenters. The van der Waals surface area contributed by atoms with Crippen LogP contribution in [0.3, 0.4) is 0 Å². The van der Waals surface area contributed by atoms with Crippen molar-refractivity contribution < 1.29 is 0 Å². The predicted octanol–water partition coefficient (Wildman–Crippen LogP) is 3.51. The maximum atomic E-state index is 5.60. The van der Waals surface area contributed by atoms with Gasteiger partial charge in [-0.15, -0.1) is 0 Å². The number of halogens is 4. The highest BCUT2D eigenvalue weighted by Gasteiger charge is 2.22. The Hall–Kier alpha value is 0.750. The van der Waals surface area contributed by atoms with Crippen molar-refractivity contribution in [2.75, 3.05) is 0 Å². The third-order valence-corrected chi connectivity index (χ3v) is 2.35. The Morgan fingerprint density at radius 2 is 1.91 bits per heavy atom. The lowest BCUT2D eigenvalue weighted by atomic mass is 10.3. The second-order valence-electron chi connectivity index (χ2n) is 1.87. The summed E-state index contributed by atoms with van der Waals surface area (Å²) in [6, 6.07) is 3.53. The molecule has 0 fully saturated rings. The van der Waals surface area contributed by atoms with Crippen LogP contribution in [-0.2, 0) is 3.79 Å². The van der Waals surface area contributed by atoms with Crippen molar-refractivity contribution in [1.29, 1.82) is 0 Å². The summed E-state index contributed by atoms with van der Waals surface area (Å²) in [4.78, 5) is 3.98. The molecule has 60 valence electrons. The van der Waals surface area contributed by atoms with Gasteiger partial charge < -0.3 is 0 Å². The molecule has 0 aliphatic rings. The number of nitrogens with zero attached hydrogens (tertiary/aromatic N) is 1. The highest BCUT2D eigenvalue weighted by Crippen LogP contribution is 2.37. The van der Waals surface area contributed by atoms with E-state index in [1.807, 2.05) is 0 Å². The van der Waals surface area contributed by atoms with Crippen molar-refractivity contribution in [3.05, 3.63) is 27.6 Å². The minimum absolute atomic E-state index is 0.586. The average Bonchev–Trinajstić information content (AvgIpc) is 1.86. The molecule has 5 heteroatoms. The summed E-state index contributed by atoms with van der Waals surface area (Å²) in [5.41, 5.74) is 0.586. The van der Waals surface area contributed by atoms with E-state index in [9.17, 15) is 0 Å². The van der Waals surface area contributed by atoms with Gasteiger partial charge in [0, 0.05) is 11.8 Å². The largest absolute Gasteiger partial charge is 0.250 e. The van der Waals surface area contributed by atoms with Gasteiger partial charge in [-0.05, 0) is 28.7 Å². The fourth-order valence-electron chi connectivity index (χ4n) is 0.544. The maximum absolute atomic E-state index is 5.60. The molecule has 0 amide bonds. The second-order valence-corrected chi connectivity index (χ2v) is 5.25. The van der Waals surface area contributed by atoms with Crippen molar-refractivity contribution in [3.63, 3.8) is 0 Å². The fraction of sp³-hybridized carbons (Fsp3) is 0.167. The number of hydrogen-bond acceptors (Lipinski definition) is 1. The second kappa shape index (κ2) is 3.64. The SMILES string of the molecule is ClC(Cl)(Cl)c1ccc(I)nc1. The Bertz CT molecular complexity index is 241. The first-order valence-corrected chi connectivity index (χ1v) is 4.90. The Balaban J connectivity index is 2.99. The summed E-state index contributed by atoms with van der Waals surface area (Å²) in [7, 11) is 0. The van der Waals surface area contributed by atoms with Crippen LogP contribution in [0, 0.1) is 3.70 Å². The van der Waals surface area contributed by atoms with E-state index in [0.717, 1.165) is 3.70 Å². The van der Waals surface area contributed by atoms with Gasteiger partial charge in [0.15, 0.2) is 0 Å². The van der Waals surface area contributed by atoms with E-state index in [-0.39, 0.29) is 0 Å². The molecule has 0 aliphatic carbocycles. The van der Waals surface area contributed by atoms with Crippen LogP contribution < -0.4 is 0 Å². The molecule has 0 radical (unpaired) electrons. The van der Waals surface area contributed by atoms with E-state index in [1.54, 1.807) is 18.3 Å². The van der Waals surface area contributed by atoms with Gasteiger partial charge in [-0.25, -0.2) is 4.98 Å². The summed E-state index contributed by atoms with van der Waals surface area (Å²) in [5.74, 6) is 0. The summed E-state index contributed by atoms with van der Waals surface area (Å²) in [6.07, 6.45) is 1.55. The van der Waals surface area contributed by atoms with Crippen LogP contribution in [0.4, 0.5) is 0 Å². The van der Waals surface area contributed by atoms with Crippen molar-refractivity contribution >= 4 is 57.4 Å². The summed E-state index contributed by atoms with van der Waals surface area (Å²) < 4.78 is -0.488. The fourth-order valence-corrected chi connectivity index (χ4v) is 1.20. The highest BCUT2D eigenvalue weighted by molar-refractivity contribution is 14.1. The van der Waals surface area contributed by atoms with Gasteiger partial charge >= 0.3 is 0 Å². The van der Waals surface area contributed by atoms with Crippen molar-refractivity contribution in [2.45, 2.75) is 3.79 Å². The van der Waals surface area contributed by atoms with Crippen LogP contribution in [0.5, 0.6) is 0 Å². The Kier molecular flexibility index (Phi) is 3.26. The van der Waals surface area contributed by atoms with Gasteiger partial charge in [0.25, 0.3) is 0 Å². The molecular weight excluding hydrogens is 319 g/mol. The molecular formula is C6H3Cl3IN. The quantitative estimate of drug-likeness (QED) is 0.405. The molecule has 1 heterocycles. The van der Waals surface area contributed by atoms with Gasteiger partial charge in [-0.3, -0.25) is 0 Å². The topological polar surface area (TPSA) is 12.9 Å². The van der Waals surface area contributed by atoms with Crippen LogP contribution in [0.15, 0.2) is 18.3 Å². The van der Waals surface area contributed by atoms with Gasteiger partial charge in [-0.2, -0.15) is 0 Å². The van der Waals surface area contributed by atoms with E-state index in [4.69, 9.17) is 34.8 Å². The molecule has 1 nitrogen and oxygen atoms in total. The van der Waals surface area contributed by atoms with Gasteiger partial charge in [0.2, 0.25) is 3.79 Å². The first-order valence-electron chi connectivity index (χ1n) is 2.69. The standard InChI is InChI=1S/C6H3Cl3IN/c7-6(8,9)4-1-2-5(10)11-3-4/h1-3H. The van der Waals surface area contributed by atoms with Crippen molar-refractivity contribution in [3.8, 4) is 0 Å². The minimum atomic E-state index is -1.36. The average molecular weight is 322 g/mol. The Morgan fingerprint density at radius 1 is 1.27 bits per heavy atom. The van der Waals surface area contributed by atoms with E-state index < -0.39 is 3.79 Å². The van der Waals surface area contributed by atoms with E-state index in [1.165, 1.54) is 0 Å². The molecule has 1 rings (SSSR count). The molecule has 0 bridgehead atoms. The van der Waals surface area contributed by atoms with E-state index >= 15 is 0 Å². The number of rotatable bonds is 0. The number of pyridine rings is 1. The summed E-state index contributed by atoms with van der Waals surface area (Å²) >= 11 is 18.9. The number of alkyl halides is 3. The van der Waals surface area contributed by atoms with Gasteiger partial charge in [-0.1, -0.05) is 40.9 Å². The molecule has 0 saturated heterocycles. The van der Waals surface area contributed by atoms with E-state index in [2.05, 4.69) is 27.6 Å². The van der Waals surface area contributed by atoms with Crippen molar-refractivity contribution in [2.24, 2.45) is 0 Å². The zero-order valence-corrected chi connectivity index (χ0v) is 9.62. The minimum Gasteiger partial charge on any atom is -0.250 e. The maximum Gasteiger partial charge on any atom is 0.217 e. The molecule has 0 aromatic carbocycles.